The van der Waals surface area contributed by atoms with E-state index in [-0.39, 0.29) is 41.4 Å². The number of carbonyl (C=O) groups is 4. The number of hydrogen-bond acceptors (Lipinski definition) is 10. The molecular weight excluding hydrogens is 558 g/mol. The van der Waals surface area contributed by atoms with Gasteiger partial charge in [-0.3, -0.25) is 14.4 Å². The number of hydrogen-bond donors (Lipinski definition) is 5. The van der Waals surface area contributed by atoms with E-state index < -0.39 is 60.0 Å². The van der Waals surface area contributed by atoms with E-state index in [9.17, 15) is 29.4 Å². The number of primary amides is 1. The zero-order valence-corrected chi connectivity index (χ0v) is 25.9. The fraction of sp³-hybridized carbons (Fsp3) is 0.548. The van der Waals surface area contributed by atoms with Crippen LogP contribution in [0.2, 0.25) is 0 Å². The normalized spacial score (nSPS) is 32.0. The number of fused-ring (bicyclic) bond motifs is 2. The zero-order valence-electron chi connectivity index (χ0n) is 25.9. The molecule has 12 heteroatoms. The Hall–Kier alpha value is -3.58. The van der Waals surface area contributed by atoms with Crippen LogP contribution in [0, 0.1) is 11.8 Å². The highest BCUT2D eigenvalue weighted by Gasteiger charge is 2.33. The molecule has 1 heterocycles. The molecule has 0 aromatic rings. The van der Waals surface area contributed by atoms with Crippen LogP contribution < -0.4 is 16.4 Å². The van der Waals surface area contributed by atoms with Crippen LogP contribution in [0.4, 0.5) is 4.79 Å². The Morgan fingerprint density at radius 2 is 1.86 bits per heavy atom. The van der Waals surface area contributed by atoms with Gasteiger partial charge in [-0.05, 0) is 45.1 Å². The lowest BCUT2D eigenvalue weighted by Crippen LogP contribution is -2.38. The summed E-state index contributed by atoms with van der Waals surface area (Å²) in [7, 11) is 2.90. The number of ether oxygens (including phenoxy) is 3. The monoisotopic (exact) mass is 603 g/mol. The Morgan fingerprint density at radius 3 is 2.44 bits per heavy atom. The summed E-state index contributed by atoms with van der Waals surface area (Å²) in [5, 5.41) is 26.4. The van der Waals surface area contributed by atoms with Gasteiger partial charge in [-0.15, -0.1) is 0 Å². The number of aliphatic hydroxyl groups excluding tert-OH is 2. The van der Waals surface area contributed by atoms with Crippen LogP contribution in [0.25, 0.3) is 0 Å². The number of Topliss-reactive ketones (excluding diaryl/α,β-unsaturated/α-hetero) is 1. The molecule has 0 aromatic heterocycles. The van der Waals surface area contributed by atoms with Crippen molar-refractivity contribution < 1.29 is 43.6 Å². The van der Waals surface area contributed by atoms with Gasteiger partial charge in [0.05, 0.1) is 29.7 Å². The van der Waals surface area contributed by atoms with Gasteiger partial charge in [0, 0.05) is 43.9 Å². The van der Waals surface area contributed by atoms with Gasteiger partial charge in [0.25, 0.3) is 5.91 Å². The summed E-state index contributed by atoms with van der Waals surface area (Å²) in [6.45, 7) is 8.50. The minimum Gasteiger partial charge on any atom is -0.439 e. The first-order chi connectivity index (χ1) is 20.2. The van der Waals surface area contributed by atoms with Crippen LogP contribution in [-0.4, -0.2) is 85.1 Å². The van der Waals surface area contributed by atoms with Gasteiger partial charge in [0.15, 0.2) is 6.10 Å². The Kier molecular flexibility index (Phi) is 13.5. The molecule has 1 aliphatic carbocycles. The summed E-state index contributed by atoms with van der Waals surface area (Å²) in [6.07, 6.45) is 2.72. The van der Waals surface area contributed by atoms with Crippen molar-refractivity contribution in [2.75, 3.05) is 20.8 Å². The molecule has 1 aliphatic heterocycles. The van der Waals surface area contributed by atoms with E-state index in [0.29, 0.717) is 12.0 Å². The number of aliphatic hydroxyl groups is 2. The van der Waals surface area contributed by atoms with E-state index in [0.717, 1.165) is 6.08 Å². The van der Waals surface area contributed by atoms with Gasteiger partial charge in [-0.25, -0.2) is 4.79 Å². The van der Waals surface area contributed by atoms with Crippen LogP contribution in [0.5, 0.6) is 0 Å². The highest BCUT2D eigenvalue weighted by atomic mass is 16.6. The van der Waals surface area contributed by atoms with Crippen LogP contribution in [0.15, 0.2) is 58.5 Å². The first-order valence-electron chi connectivity index (χ1n) is 14.2. The van der Waals surface area contributed by atoms with Gasteiger partial charge < -0.3 is 40.8 Å². The molecule has 2 aliphatic rings. The summed E-state index contributed by atoms with van der Waals surface area (Å²) in [6, 6.07) is 0. The van der Waals surface area contributed by atoms with E-state index in [1.807, 2.05) is 6.92 Å². The molecule has 0 saturated carbocycles. The molecule has 0 aromatic carbocycles. The smallest absolute Gasteiger partial charge is 0.405 e. The Balaban J connectivity index is 2.62. The van der Waals surface area contributed by atoms with Crippen molar-refractivity contribution in [1.29, 1.82) is 0 Å². The SMILES string of the molecule is CO[C@H]1/C=C/C=C(/C)C(=O)NC2=CC(=O)C(NC[C@H](C)O)=C(C[C@@H](C)C[C@H](OC)[C@H](O)[C@@H](C)/C=C(\C)[C@@H]1OC(N)=O)C2=O. The van der Waals surface area contributed by atoms with Gasteiger partial charge in [-0.1, -0.05) is 38.2 Å². The van der Waals surface area contributed by atoms with Crippen LogP contribution in [0.3, 0.4) is 0 Å². The molecule has 2 bridgehead atoms. The third-order valence-corrected chi connectivity index (χ3v) is 7.37. The summed E-state index contributed by atoms with van der Waals surface area (Å²) < 4.78 is 16.5. The number of carbonyl (C=O) groups excluding carboxylic acids is 4. The van der Waals surface area contributed by atoms with Crippen molar-refractivity contribution >= 4 is 23.6 Å². The highest BCUT2D eigenvalue weighted by molar-refractivity contribution is 6.23. The minimum absolute atomic E-state index is 0.0431. The molecule has 6 N–H and O–H groups in total. The molecule has 0 spiro atoms. The zero-order chi connectivity index (χ0) is 32.4. The van der Waals surface area contributed by atoms with Crippen LogP contribution in [0.1, 0.15) is 47.5 Å². The predicted molar refractivity (Wildman–Crippen MR) is 159 cm³/mol. The number of ketones is 2. The van der Waals surface area contributed by atoms with E-state index in [2.05, 4.69) is 10.6 Å². The topological polar surface area (TPSA) is 187 Å². The second-order valence-corrected chi connectivity index (χ2v) is 11.2. The molecule has 0 saturated heterocycles. The Bertz CT molecular complexity index is 1210. The molecule has 12 nitrogen and oxygen atoms in total. The molecule has 0 fully saturated rings. The maximum atomic E-state index is 13.6. The number of methoxy groups -OCH3 is 2. The van der Waals surface area contributed by atoms with Crippen molar-refractivity contribution in [3.63, 3.8) is 0 Å². The average Bonchev–Trinajstić information content (AvgIpc) is 2.93. The standard InChI is InChI=1S/C31H45N3O9/c1-16-11-21-26(33-15-20(5)35)23(36)14-22(28(21)38)34-30(39)17(2)9-8-10-24(41-6)29(43-31(32)40)19(4)13-18(3)27(37)25(12-16)42-7/h8-10,13-14,16,18,20,24-25,27,29,33,35,37H,11-12,15H2,1-7H3,(H2,32,40)(H,34,39)/b10-8+,17-9-,19-13+/t16-,18+,20+,24+,25+,27-,29+/m1/s1. The van der Waals surface area contributed by atoms with Crippen molar-refractivity contribution in [3.05, 3.63) is 58.5 Å². The van der Waals surface area contributed by atoms with Crippen LogP contribution >= 0.6 is 0 Å². The number of rotatable bonds is 6. The fourth-order valence-electron chi connectivity index (χ4n) is 5.03. The maximum Gasteiger partial charge on any atom is 0.405 e. The Labute approximate surface area is 252 Å². The number of amides is 2. The largest absolute Gasteiger partial charge is 0.439 e. The minimum atomic E-state index is -1.01. The van der Waals surface area contributed by atoms with Gasteiger partial charge in [-0.2, -0.15) is 0 Å². The first-order valence-corrected chi connectivity index (χ1v) is 14.2. The summed E-state index contributed by atoms with van der Waals surface area (Å²) in [5.74, 6) is -2.35. The fourth-order valence-corrected chi connectivity index (χ4v) is 5.03. The first kappa shape index (κ1) is 35.6. The molecule has 238 valence electrons. The maximum absolute atomic E-state index is 13.6. The highest BCUT2D eigenvalue weighted by Crippen LogP contribution is 2.28. The third kappa shape index (κ3) is 9.99. The van der Waals surface area contributed by atoms with Crippen molar-refractivity contribution in [3.8, 4) is 0 Å². The van der Waals surface area contributed by atoms with Crippen LogP contribution in [-0.2, 0) is 28.6 Å². The van der Waals surface area contributed by atoms with E-state index in [4.69, 9.17) is 19.9 Å². The summed E-state index contributed by atoms with van der Waals surface area (Å²) in [4.78, 5) is 51.4. The van der Waals surface area contributed by atoms with Crippen molar-refractivity contribution in [1.82, 2.24) is 10.6 Å². The summed E-state index contributed by atoms with van der Waals surface area (Å²) >= 11 is 0. The van der Waals surface area contributed by atoms with E-state index >= 15 is 0 Å². The van der Waals surface area contributed by atoms with Gasteiger partial charge >= 0.3 is 6.09 Å². The quantitative estimate of drug-likeness (QED) is 0.221. The van der Waals surface area contributed by atoms with Crippen molar-refractivity contribution in [2.45, 2.75) is 78.0 Å². The molecule has 0 radical (unpaired) electrons. The molecule has 2 rings (SSSR count). The molecular formula is C31H45N3O9. The molecule has 43 heavy (non-hydrogen) atoms. The number of allylic oxidation sites excluding steroid dienone is 4. The lowest BCUT2D eigenvalue weighted by atomic mass is 9.85. The third-order valence-electron chi connectivity index (χ3n) is 7.37. The molecule has 0 unspecified atom stereocenters. The number of nitrogens with two attached hydrogens (primary N) is 1. The summed E-state index contributed by atoms with van der Waals surface area (Å²) in [5.41, 5.74) is 6.19. The van der Waals surface area contributed by atoms with E-state index in [1.54, 1.807) is 32.9 Å². The van der Waals surface area contributed by atoms with Gasteiger partial charge in [0.1, 0.15) is 6.10 Å². The predicted octanol–water partition coefficient (Wildman–Crippen LogP) is 1.73. The molecule has 7 atom stereocenters. The number of nitrogens with one attached hydrogen (secondary N) is 2. The lowest BCUT2D eigenvalue weighted by molar-refractivity contribution is -0.120. The second kappa shape index (κ2) is 16.3. The average molecular weight is 604 g/mol. The Morgan fingerprint density at radius 1 is 1.19 bits per heavy atom. The lowest BCUT2D eigenvalue weighted by Gasteiger charge is -2.30. The van der Waals surface area contributed by atoms with Crippen molar-refractivity contribution in [2.24, 2.45) is 17.6 Å². The molecule has 2 amide bonds. The van der Waals surface area contributed by atoms with E-state index in [1.165, 1.54) is 33.3 Å². The second-order valence-electron chi connectivity index (χ2n) is 11.2. The van der Waals surface area contributed by atoms with Gasteiger partial charge in [0.2, 0.25) is 11.6 Å².